The Balaban J connectivity index is 6.09. The van der Waals surface area contributed by atoms with Crippen LogP contribution in [0.25, 0.3) is 0 Å². The zero-order valence-electron chi connectivity index (χ0n) is 28.2. The van der Waals surface area contributed by atoms with E-state index in [1.54, 1.807) is 0 Å². The molecule has 0 N–H and O–H groups in total. The number of rotatable bonds is 29. The fourth-order valence-electron chi connectivity index (χ4n) is 4.64. The first-order chi connectivity index (χ1) is 20.4. The van der Waals surface area contributed by atoms with Gasteiger partial charge in [0.05, 0.1) is 0 Å². The van der Waals surface area contributed by atoms with Crippen molar-refractivity contribution < 1.29 is 29.7 Å². The molecule has 0 fully saturated rings. The number of ether oxygens (including phenoxy) is 2. The van der Waals surface area contributed by atoms with Crippen LogP contribution in [0.15, 0.2) is 0 Å². The molecule has 0 heterocycles. The molecule has 0 saturated carbocycles. The molecule has 0 aliphatic rings. The Labute approximate surface area is 269 Å². The maximum atomic E-state index is 13.1. The molecule has 0 aliphatic heterocycles. The first kappa shape index (κ1) is 42.1. The van der Waals surface area contributed by atoms with Crippen molar-refractivity contribution >= 4 is 51.1 Å². The standard InChI is InChI=1S/2C7H14O3.C6H13O.3C4H9.O.2Sn/c2*1-2-3-4-5-6-10-7(8)9;1-2-3-4-5-6-7;3*1-3-4-2;;;/h2*2-6H2,1H3,(H,8,9);2-6H2,1H3;3*1,3-4H2,2H3;;;/q;;-1;;;;;+1;+2/p-2. The summed E-state index contributed by atoms with van der Waals surface area (Å²) >= 11 is -8.75. The molecule has 8 nitrogen and oxygen atoms in total. The molecule has 0 saturated heterocycles. The third kappa shape index (κ3) is 21.7. The topological polar surface area (TPSA) is 89.5 Å². The molecule has 0 amide bonds. The number of hydrogen-bond acceptors (Lipinski definition) is 8. The van der Waals surface area contributed by atoms with E-state index in [1.807, 2.05) is 0 Å². The second kappa shape index (κ2) is 28.5. The van der Waals surface area contributed by atoms with Crippen LogP contribution < -0.4 is 0 Å². The predicted molar refractivity (Wildman–Crippen MR) is 175 cm³/mol. The van der Waals surface area contributed by atoms with Gasteiger partial charge in [0.15, 0.2) is 0 Å². The Morgan fingerprint density at radius 1 is 0.452 bits per heavy atom. The van der Waals surface area contributed by atoms with E-state index < -0.39 is 51.1 Å². The minimum atomic E-state index is -4.58. The predicted octanol–water partition coefficient (Wildman–Crippen LogP) is 10.8. The number of carbonyl (C=O) groups excluding carboxylic acids is 2. The summed E-state index contributed by atoms with van der Waals surface area (Å²) in [7, 11) is 0. The van der Waals surface area contributed by atoms with Crippen LogP contribution >= 0.6 is 0 Å². The third-order valence-corrected chi connectivity index (χ3v) is 36.2. The van der Waals surface area contributed by atoms with Crippen LogP contribution in [-0.2, 0) is 20.1 Å². The molecule has 0 aromatic heterocycles. The molecule has 0 spiro atoms. The van der Waals surface area contributed by atoms with Gasteiger partial charge < -0.3 is 0 Å². The molecule has 0 radical (unpaired) electrons. The zero-order chi connectivity index (χ0) is 31.4. The van der Waals surface area contributed by atoms with E-state index in [9.17, 15) is 9.59 Å². The van der Waals surface area contributed by atoms with Gasteiger partial charge in [0.2, 0.25) is 0 Å². The van der Waals surface area contributed by atoms with Crippen molar-refractivity contribution in [1.29, 1.82) is 0 Å². The SMILES string of the molecule is CCCCCCOC(=O)[O][Sn]([CH2]CCC)([CH2]CCC)[O][Sn]([CH2]CCC)([O]CCCCCC)[O]C(=O)OCCCCCC. The van der Waals surface area contributed by atoms with E-state index in [4.69, 9.17) is 20.1 Å². The van der Waals surface area contributed by atoms with E-state index in [-0.39, 0.29) is 0 Å². The van der Waals surface area contributed by atoms with Crippen LogP contribution in [0, 0.1) is 0 Å². The van der Waals surface area contributed by atoms with Crippen molar-refractivity contribution in [2.45, 2.75) is 170 Å². The zero-order valence-corrected chi connectivity index (χ0v) is 33.9. The van der Waals surface area contributed by atoms with Crippen molar-refractivity contribution in [2.24, 2.45) is 0 Å². The summed E-state index contributed by atoms with van der Waals surface area (Å²) in [6.45, 7) is 14.0. The molecule has 0 rings (SSSR count). The van der Waals surface area contributed by atoms with Gasteiger partial charge in [-0.15, -0.1) is 0 Å². The van der Waals surface area contributed by atoms with E-state index >= 15 is 0 Å². The van der Waals surface area contributed by atoms with Crippen molar-refractivity contribution in [3.8, 4) is 0 Å². The molecule has 10 heteroatoms. The van der Waals surface area contributed by atoms with E-state index in [0.29, 0.717) is 33.1 Å². The number of carbonyl (C=O) groups is 2. The van der Waals surface area contributed by atoms with Crippen molar-refractivity contribution in [2.75, 3.05) is 19.8 Å². The van der Waals surface area contributed by atoms with Crippen LogP contribution in [0.2, 0.25) is 13.3 Å². The van der Waals surface area contributed by atoms with Gasteiger partial charge in [0.25, 0.3) is 0 Å². The minimum absolute atomic E-state index is 0.325. The normalized spacial score (nSPS) is 13.0. The van der Waals surface area contributed by atoms with Gasteiger partial charge in [0, 0.05) is 0 Å². The molecule has 0 bridgehead atoms. The molecular weight excluding hydrogens is 750 g/mol. The third-order valence-electron chi connectivity index (χ3n) is 7.26. The first-order valence-corrected chi connectivity index (χ1v) is 29.3. The van der Waals surface area contributed by atoms with Crippen LogP contribution in [-0.4, -0.2) is 71.0 Å². The molecule has 1 unspecified atom stereocenters. The summed E-state index contributed by atoms with van der Waals surface area (Å²) in [5.41, 5.74) is 0. The molecular formula is C32H66O8Sn2. The van der Waals surface area contributed by atoms with E-state index in [2.05, 4.69) is 41.5 Å². The first-order valence-electron chi connectivity index (χ1n) is 17.4. The second-order valence-electron chi connectivity index (χ2n) is 11.4. The van der Waals surface area contributed by atoms with E-state index in [0.717, 1.165) is 116 Å². The van der Waals surface area contributed by atoms with Crippen LogP contribution in [0.5, 0.6) is 0 Å². The fraction of sp³-hybridized carbons (Fsp3) is 0.938. The van der Waals surface area contributed by atoms with Gasteiger partial charge in [0.1, 0.15) is 0 Å². The van der Waals surface area contributed by atoms with Gasteiger partial charge in [-0.25, -0.2) is 0 Å². The Kier molecular flexibility index (Phi) is 28.6. The van der Waals surface area contributed by atoms with Crippen LogP contribution in [0.3, 0.4) is 0 Å². The van der Waals surface area contributed by atoms with Gasteiger partial charge in [-0.2, -0.15) is 0 Å². The average molecular weight is 816 g/mol. The van der Waals surface area contributed by atoms with E-state index in [1.165, 1.54) is 0 Å². The van der Waals surface area contributed by atoms with Crippen molar-refractivity contribution in [3.05, 3.63) is 0 Å². The quantitative estimate of drug-likeness (QED) is 0.0419. The van der Waals surface area contributed by atoms with Gasteiger partial charge >= 0.3 is 271 Å². The molecule has 1 atom stereocenters. The molecule has 42 heavy (non-hydrogen) atoms. The molecule has 250 valence electrons. The van der Waals surface area contributed by atoms with Crippen molar-refractivity contribution in [1.82, 2.24) is 0 Å². The average Bonchev–Trinajstić information content (AvgIpc) is 2.97. The fourth-order valence-corrected chi connectivity index (χ4v) is 39.7. The Hall–Kier alpha value is 0.0574. The molecule has 0 aromatic rings. The van der Waals surface area contributed by atoms with Crippen LogP contribution in [0.1, 0.15) is 157 Å². The monoisotopic (exact) mass is 818 g/mol. The summed E-state index contributed by atoms with van der Waals surface area (Å²) in [5, 5.41) is 0. The van der Waals surface area contributed by atoms with Gasteiger partial charge in [-0.05, 0) is 0 Å². The Morgan fingerprint density at radius 2 is 0.857 bits per heavy atom. The Morgan fingerprint density at radius 3 is 1.31 bits per heavy atom. The number of hydrogen-bond donors (Lipinski definition) is 0. The van der Waals surface area contributed by atoms with Gasteiger partial charge in [-0.1, -0.05) is 0 Å². The number of unbranched alkanes of at least 4 members (excludes halogenated alkanes) is 12. The summed E-state index contributed by atoms with van der Waals surface area (Å²) in [6.07, 6.45) is 16.4. The maximum absolute atomic E-state index is 13.1. The summed E-state index contributed by atoms with van der Waals surface area (Å²) in [6, 6.07) is 0. The Bertz CT molecular complexity index is 644. The summed E-state index contributed by atoms with van der Waals surface area (Å²) in [4.78, 5) is 26.2. The van der Waals surface area contributed by atoms with Gasteiger partial charge in [-0.3, -0.25) is 0 Å². The van der Waals surface area contributed by atoms with Crippen LogP contribution in [0.4, 0.5) is 9.59 Å². The van der Waals surface area contributed by atoms with Crippen molar-refractivity contribution in [3.63, 3.8) is 0 Å². The second-order valence-corrected chi connectivity index (χ2v) is 31.3. The molecule has 0 aromatic carbocycles. The molecule has 0 aliphatic carbocycles. The summed E-state index contributed by atoms with van der Waals surface area (Å²) in [5.74, 6) is 0. The summed E-state index contributed by atoms with van der Waals surface area (Å²) < 4.78 is 39.3.